The lowest BCUT2D eigenvalue weighted by molar-refractivity contribution is -0.128. The fourth-order valence-electron chi connectivity index (χ4n) is 2.73. The fraction of sp³-hybridized carbons (Fsp3) is 0.389. The van der Waals surface area contributed by atoms with E-state index in [4.69, 9.17) is 0 Å². The quantitative estimate of drug-likeness (QED) is 0.799. The molecule has 0 aliphatic carbocycles. The summed E-state index contributed by atoms with van der Waals surface area (Å²) in [6, 6.07) is 6.37. The average molecular weight is 342 g/mol. The molecule has 0 spiro atoms. The second-order valence-corrected chi connectivity index (χ2v) is 7.01. The van der Waals surface area contributed by atoms with Crippen molar-refractivity contribution in [3.05, 3.63) is 47.9 Å². The molecule has 0 atom stereocenters. The van der Waals surface area contributed by atoms with Crippen LogP contribution in [0.5, 0.6) is 0 Å². The van der Waals surface area contributed by atoms with Crippen molar-refractivity contribution in [1.29, 1.82) is 0 Å². The first-order chi connectivity index (χ1) is 11.6. The zero-order chi connectivity index (χ0) is 16.9. The molecule has 1 fully saturated rings. The normalized spacial score (nSPS) is 14.8. The molecule has 1 aromatic heterocycles. The van der Waals surface area contributed by atoms with Crippen LogP contribution >= 0.6 is 11.8 Å². The van der Waals surface area contributed by atoms with Gasteiger partial charge in [-0.3, -0.25) is 9.78 Å². The van der Waals surface area contributed by atoms with Crippen molar-refractivity contribution in [1.82, 2.24) is 14.9 Å². The number of piperazine rings is 1. The molecule has 0 bridgehead atoms. The molecule has 0 N–H and O–H groups in total. The predicted octanol–water partition coefficient (Wildman–Crippen LogP) is 2.53. The third-order valence-corrected chi connectivity index (χ3v) is 5.34. The van der Waals surface area contributed by atoms with E-state index in [2.05, 4.69) is 46.9 Å². The highest BCUT2D eigenvalue weighted by Crippen LogP contribution is 2.24. The first kappa shape index (κ1) is 16.8. The largest absolute Gasteiger partial charge is 0.352 e. The Morgan fingerprint density at radius 2 is 1.96 bits per heavy atom. The summed E-state index contributed by atoms with van der Waals surface area (Å²) in [5.41, 5.74) is 2.46. The Kier molecular flexibility index (Phi) is 5.35. The van der Waals surface area contributed by atoms with Gasteiger partial charge in [0.1, 0.15) is 5.82 Å². The predicted molar refractivity (Wildman–Crippen MR) is 97.5 cm³/mol. The van der Waals surface area contributed by atoms with Gasteiger partial charge in [-0.2, -0.15) is 0 Å². The molecular formula is C18H22N4OS. The van der Waals surface area contributed by atoms with Crippen LogP contribution in [0.2, 0.25) is 0 Å². The van der Waals surface area contributed by atoms with Gasteiger partial charge in [-0.25, -0.2) is 4.98 Å². The van der Waals surface area contributed by atoms with Crippen molar-refractivity contribution in [3.8, 4) is 0 Å². The highest BCUT2D eigenvalue weighted by atomic mass is 32.2. The highest BCUT2D eigenvalue weighted by Gasteiger charge is 2.22. The minimum absolute atomic E-state index is 0.208. The van der Waals surface area contributed by atoms with Crippen LogP contribution in [0.4, 0.5) is 5.82 Å². The van der Waals surface area contributed by atoms with Crippen LogP contribution in [-0.4, -0.2) is 52.7 Å². The zero-order valence-corrected chi connectivity index (χ0v) is 14.9. The summed E-state index contributed by atoms with van der Waals surface area (Å²) < 4.78 is 0. The van der Waals surface area contributed by atoms with Crippen molar-refractivity contribution >= 4 is 23.5 Å². The number of hydrogen-bond acceptors (Lipinski definition) is 5. The Morgan fingerprint density at radius 1 is 1.17 bits per heavy atom. The molecule has 126 valence electrons. The van der Waals surface area contributed by atoms with Gasteiger partial charge >= 0.3 is 0 Å². The van der Waals surface area contributed by atoms with Crippen molar-refractivity contribution in [3.63, 3.8) is 0 Å². The first-order valence-electron chi connectivity index (χ1n) is 8.12. The minimum atomic E-state index is 0.208. The summed E-state index contributed by atoms with van der Waals surface area (Å²) in [6.45, 7) is 7.26. The molecule has 24 heavy (non-hydrogen) atoms. The Bertz CT molecular complexity index is 699. The molecule has 6 heteroatoms. The van der Waals surface area contributed by atoms with Gasteiger partial charge in [0.2, 0.25) is 5.91 Å². The molecule has 1 amide bonds. The standard InChI is InChI=1S/C18H22N4OS/c1-14-3-4-15(2)16(11-14)24-13-18(23)22-9-7-21(8-10-22)17-12-19-5-6-20-17/h3-6,11-12H,7-10,13H2,1-2H3. The second kappa shape index (κ2) is 7.66. The Balaban J connectivity index is 1.51. The number of carbonyl (C=O) groups excluding carboxylic acids is 1. The van der Waals surface area contributed by atoms with Crippen molar-refractivity contribution in [2.45, 2.75) is 18.7 Å². The average Bonchev–Trinajstić information content (AvgIpc) is 2.63. The van der Waals surface area contributed by atoms with Crippen molar-refractivity contribution < 1.29 is 4.79 Å². The highest BCUT2D eigenvalue weighted by molar-refractivity contribution is 8.00. The van der Waals surface area contributed by atoms with E-state index in [9.17, 15) is 4.79 Å². The number of aryl methyl sites for hydroxylation is 2. The molecule has 1 aliphatic heterocycles. The summed E-state index contributed by atoms with van der Waals surface area (Å²) >= 11 is 1.63. The number of thioether (sulfide) groups is 1. The maximum absolute atomic E-state index is 12.5. The number of amides is 1. The van der Waals surface area contributed by atoms with Crippen molar-refractivity contribution in [2.75, 3.05) is 36.8 Å². The topological polar surface area (TPSA) is 49.3 Å². The number of hydrogen-bond donors (Lipinski definition) is 0. The molecule has 0 unspecified atom stereocenters. The number of benzene rings is 1. The molecule has 1 aromatic carbocycles. The smallest absolute Gasteiger partial charge is 0.233 e. The van der Waals surface area contributed by atoms with Gasteiger partial charge in [0.15, 0.2) is 0 Å². The molecule has 0 radical (unpaired) electrons. The van der Waals surface area contributed by atoms with Crippen LogP contribution in [0.25, 0.3) is 0 Å². The van der Waals surface area contributed by atoms with Crippen LogP contribution in [0.1, 0.15) is 11.1 Å². The van der Waals surface area contributed by atoms with Crippen molar-refractivity contribution in [2.24, 2.45) is 0 Å². The maximum atomic E-state index is 12.5. The van der Waals surface area contributed by atoms with E-state index < -0.39 is 0 Å². The monoisotopic (exact) mass is 342 g/mol. The zero-order valence-electron chi connectivity index (χ0n) is 14.1. The molecule has 5 nitrogen and oxygen atoms in total. The van der Waals surface area contributed by atoms with Crippen LogP contribution < -0.4 is 4.90 Å². The summed E-state index contributed by atoms with van der Waals surface area (Å²) in [5.74, 6) is 1.59. The molecule has 1 aliphatic rings. The number of nitrogens with zero attached hydrogens (tertiary/aromatic N) is 4. The van der Waals surface area contributed by atoms with Gasteiger partial charge in [0.25, 0.3) is 0 Å². The van der Waals surface area contributed by atoms with Crippen LogP contribution in [0, 0.1) is 13.8 Å². The van der Waals surface area contributed by atoms with E-state index in [0.29, 0.717) is 5.75 Å². The number of anilines is 1. The maximum Gasteiger partial charge on any atom is 0.233 e. The third-order valence-electron chi connectivity index (χ3n) is 4.20. The molecule has 2 aromatic rings. The van der Waals surface area contributed by atoms with Gasteiger partial charge in [-0.05, 0) is 25.5 Å². The lowest BCUT2D eigenvalue weighted by Gasteiger charge is -2.35. The summed E-state index contributed by atoms with van der Waals surface area (Å²) in [7, 11) is 0. The summed E-state index contributed by atoms with van der Waals surface area (Å²) in [5, 5.41) is 0. The van der Waals surface area contributed by atoms with E-state index in [-0.39, 0.29) is 5.91 Å². The van der Waals surface area contributed by atoms with Crippen LogP contribution in [-0.2, 0) is 4.79 Å². The lowest BCUT2D eigenvalue weighted by atomic mass is 10.2. The number of rotatable bonds is 4. The number of aromatic nitrogens is 2. The fourth-order valence-corrected chi connectivity index (χ4v) is 3.76. The Hall–Kier alpha value is -2.08. The minimum Gasteiger partial charge on any atom is -0.352 e. The van der Waals surface area contributed by atoms with E-state index in [0.717, 1.165) is 32.0 Å². The third kappa shape index (κ3) is 4.06. The SMILES string of the molecule is Cc1ccc(C)c(SCC(=O)N2CCN(c3cnccn3)CC2)c1. The molecular weight excluding hydrogens is 320 g/mol. The van der Waals surface area contributed by atoms with Crippen LogP contribution in [0.15, 0.2) is 41.7 Å². The second-order valence-electron chi connectivity index (χ2n) is 5.99. The van der Waals surface area contributed by atoms with E-state index in [1.807, 2.05) is 4.90 Å². The molecule has 3 rings (SSSR count). The van der Waals surface area contributed by atoms with Gasteiger partial charge in [0, 0.05) is 43.5 Å². The van der Waals surface area contributed by atoms with E-state index in [1.54, 1.807) is 30.4 Å². The number of carbonyl (C=O) groups is 1. The summed E-state index contributed by atoms with van der Waals surface area (Å²) in [6.07, 6.45) is 5.15. The molecule has 1 saturated heterocycles. The lowest BCUT2D eigenvalue weighted by Crippen LogP contribution is -2.49. The van der Waals surface area contributed by atoms with E-state index >= 15 is 0 Å². The van der Waals surface area contributed by atoms with E-state index in [1.165, 1.54) is 16.0 Å². The first-order valence-corrected chi connectivity index (χ1v) is 9.11. The molecule has 0 saturated carbocycles. The van der Waals surface area contributed by atoms with Gasteiger partial charge < -0.3 is 9.80 Å². The van der Waals surface area contributed by atoms with Gasteiger partial charge in [-0.15, -0.1) is 11.8 Å². The van der Waals surface area contributed by atoms with Gasteiger partial charge in [-0.1, -0.05) is 17.7 Å². The Labute approximate surface area is 147 Å². The summed E-state index contributed by atoms with van der Waals surface area (Å²) in [4.78, 5) is 26.2. The molecule has 2 heterocycles. The van der Waals surface area contributed by atoms with Crippen LogP contribution in [0.3, 0.4) is 0 Å². The Morgan fingerprint density at radius 3 is 2.67 bits per heavy atom. The van der Waals surface area contributed by atoms with Gasteiger partial charge in [0.05, 0.1) is 11.9 Å².